The third-order valence-corrected chi connectivity index (χ3v) is 1.73. The standard InChI is InChI=1S/C11H15O/c1-4-12-11-8-6-5-7-10(11)9(2)3/h5-8H,4H2,1-3H3. The summed E-state index contributed by atoms with van der Waals surface area (Å²) in [6, 6.07) is 8.12. The van der Waals surface area contributed by atoms with Crippen LogP contribution in [0, 0.1) is 5.92 Å². The Hall–Kier alpha value is -0.980. The average molecular weight is 163 g/mol. The van der Waals surface area contributed by atoms with Gasteiger partial charge in [-0.3, -0.25) is 0 Å². The zero-order valence-electron chi connectivity index (χ0n) is 7.92. The average Bonchev–Trinajstić information content (AvgIpc) is 2.05. The van der Waals surface area contributed by atoms with Gasteiger partial charge in [-0.1, -0.05) is 32.0 Å². The van der Waals surface area contributed by atoms with Crippen LogP contribution in [0.15, 0.2) is 24.3 Å². The maximum absolute atomic E-state index is 5.48. The van der Waals surface area contributed by atoms with Gasteiger partial charge in [-0.15, -0.1) is 0 Å². The molecule has 0 aliphatic rings. The van der Waals surface area contributed by atoms with Gasteiger partial charge >= 0.3 is 0 Å². The number of hydrogen-bond acceptors (Lipinski definition) is 1. The second kappa shape index (κ2) is 4.15. The van der Waals surface area contributed by atoms with Gasteiger partial charge in [0.05, 0.1) is 6.61 Å². The molecule has 0 saturated heterocycles. The van der Waals surface area contributed by atoms with Crippen LogP contribution in [-0.4, -0.2) is 6.61 Å². The minimum atomic E-state index is 0.726. The third-order valence-electron chi connectivity index (χ3n) is 1.73. The summed E-state index contributed by atoms with van der Waals surface area (Å²) in [6.45, 7) is 6.92. The molecule has 0 heterocycles. The molecular formula is C11H15O. The van der Waals surface area contributed by atoms with Crippen molar-refractivity contribution < 1.29 is 4.74 Å². The number of ether oxygens (including phenoxy) is 1. The molecule has 1 aromatic rings. The Bertz CT molecular complexity index is 241. The van der Waals surface area contributed by atoms with E-state index in [2.05, 4.69) is 19.9 Å². The number of rotatable bonds is 3. The van der Waals surface area contributed by atoms with E-state index in [0.29, 0.717) is 0 Å². The lowest BCUT2D eigenvalue weighted by molar-refractivity contribution is 0.337. The van der Waals surface area contributed by atoms with E-state index < -0.39 is 0 Å². The fourth-order valence-electron chi connectivity index (χ4n) is 1.16. The van der Waals surface area contributed by atoms with Gasteiger partial charge in [0.1, 0.15) is 5.75 Å². The second-order valence-electron chi connectivity index (χ2n) is 2.93. The van der Waals surface area contributed by atoms with Gasteiger partial charge in [-0.2, -0.15) is 0 Å². The number of para-hydroxylation sites is 1. The SMILES string of the molecule is CCOc1ccccc1[C](C)C. The molecule has 0 saturated carbocycles. The van der Waals surface area contributed by atoms with Gasteiger partial charge in [0.15, 0.2) is 0 Å². The summed E-state index contributed by atoms with van der Waals surface area (Å²) in [4.78, 5) is 0. The largest absolute Gasteiger partial charge is 0.494 e. The van der Waals surface area contributed by atoms with Crippen LogP contribution in [0.5, 0.6) is 5.75 Å². The summed E-state index contributed by atoms with van der Waals surface area (Å²) < 4.78 is 5.48. The van der Waals surface area contributed by atoms with Gasteiger partial charge in [0.2, 0.25) is 0 Å². The van der Waals surface area contributed by atoms with Crippen molar-refractivity contribution in [2.75, 3.05) is 6.61 Å². The van der Waals surface area contributed by atoms with Crippen LogP contribution in [-0.2, 0) is 0 Å². The number of hydrogen-bond donors (Lipinski definition) is 0. The molecule has 1 heteroatoms. The first-order chi connectivity index (χ1) is 5.75. The Kier molecular flexibility index (Phi) is 3.15. The van der Waals surface area contributed by atoms with E-state index in [9.17, 15) is 0 Å². The zero-order valence-corrected chi connectivity index (χ0v) is 7.92. The molecule has 12 heavy (non-hydrogen) atoms. The topological polar surface area (TPSA) is 9.23 Å². The van der Waals surface area contributed by atoms with Crippen molar-refractivity contribution in [3.8, 4) is 5.75 Å². The molecule has 0 fully saturated rings. The second-order valence-corrected chi connectivity index (χ2v) is 2.93. The highest BCUT2D eigenvalue weighted by molar-refractivity contribution is 5.41. The van der Waals surface area contributed by atoms with Crippen LogP contribution in [0.4, 0.5) is 0 Å². The van der Waals surface area contributed by atoms with Crippen molar-refractivity contribution in [2.24, 2.45) is 0 Å². The molecule has 1 rings (SSSR count). The highest BCUT2D eigenvalue weighted by atomic mass is 16.5. The number of benzene rings is 1. The van der Waals surface area contributed by atoms with Crippen LogP contribution in [0.3, 0.4) is 0 Å². The zero-order chi connectivity index (χ0) is 8.97. The molecule has 1 aromatic carbocycles. The van der Waals surface area contributed by atoms with E-state index in [-0.39, 0.29) is 0 Å². The van der Waals surface area contributed by atoms with Crippen LogP contribution in [0.25, 0.3) is 0 Å². The quantitative estimate of drug-likeness (QED) is 0.665. The molecule has 0 aliphatic carbocycles. The molecule has 0 bridgehead atoms. The van der Waals surface area contributed by atoms with E-state index in [1.165, 1.54) is 11.5 Å². The van der Waals surface area contributed by atoms with E-state index >= 15 is 0 Å². The molecule has 1 nitrogen and oxygen atoms in total. The van der Waals surface area contributed by atoms with Gasteiger partial charge in [-0.05, 0) is 13.0 Å². The molecule has 0 atom stereocenters. The highest BCUT2D eigenvalue weighted by Gasteiger charge is 2.05. The normalized spacial score (nSPS) is 10.3. The van der Waals surface area contributed by atoms with Crippen molar-refractivity contribution >= 4 is 0 Å². The first-order valence-electron chi connectivity index (χ1n) is 4.28. The summed E-state index contributed by atoms with van der Waals surface area (Å²) in [7, 11) is 0. The maximum Gasteiger partial charge on any atom is 0.123 e. The maximum atomic E-state index is 5.48. The first kappa shape index (κ1) is 9.11. The Labute approximate surface area is 74.4 Å². The Morgan fingerprint density at radius 3 is 2.50 bits per heavy atom. The molecule has 65 valence electrons. The minimum Gasteiger partial charge on any atom is -0.494 e. The Balaban J connectivity index is 2.92. The first-order valence-corrected chi connectivity index (χ1v) is 4.28. The molecule has 0 unspecified atom stereocenters. The molecule has 0 aromatic heterocycles. The van der Waals surface area contributed by atoms with Gasteiger partial charge in [0.25, 0.3) is 0 Å². The summed E-state index contributed by atoms with van der Waals surface area (Å²) in [5.41, 5.74) is 1.21. The Morgan fingerprint density at radius 1 is 1.25 bits per heavy atom. The van der Waals surface area contributed by atoms with Crippen molar-refractivity contribution in [3.05, 3.63) is 35.7 Å². The molecular weight excluding hydrogens is 148 g/mol. The summed E-state index contributed by atoms with van der Waals surface area (Å²) in [6.07, 6.45) is 0. The van der Waals surface area contributed by atoms with Crippen molar-refractivity contribution in [2.45, 2.75) is 20.8 Å². The van der Waals surface area contributed by atoms with Gasteiger partial charge in [-0.25, -0.2) is 0 Å². The van der Waals surface area contributed by atoms with Crippen LogP contribution in [0.1, 0.15) is 26.3 Å². The van der Waals surface area contributed by atoms with Crippen LogP contribution >= 0.6 is 0 Å². The van der Waals surface area contributed by atoms with Crippen molar-refractivity contribution in [3.63, 3.8) is 0 Å². The van der Waals surface area contributed by atoms with E-state index in [4.69, 9.17) is 4.74 Å². The lowest BCUT2D eigenvalue weighted by atomic mass is 10.0. The summed E-state index contributed by atoms with van der Waals surface area (Å²) >= 11 is 0. The van der Waals surface area contributed by atoms with Gasteiger partial charge in [0, 0.05) is 11.5 Å². The molecule has 0 aliphatic heterocycles. The molecule has 0 amide bonds. The monoisotopic (exact) mass is 163 g/mol. The van der Waals surface area contributed by atoms with Crippen molar-refractivity contribution in [1.29, 1.82) is 0 Å². The van der Waals surface area contributed by atoms with Crippen molar-refractivity contribution in [1.82, 2.24) is 0 Å². The van der Waals surface area contributed by atoms with E-state index in [1.807, 2.05) is 25.1 Å². The van der Waals surface area contributed by atoms with E-state index in [1.54, 1.807) is 0 Å². The predicted octanol–water partition coefficient (Wildman–Crippen LogP) is 3.05. The van der Waals surface area contributed by atoms with Crippen LogP contribution < -0.4 is 4.74 Å². The fourth-order valence-corrected chi connectivity index (χ4v) is 1.16. The lowest BCUT2D eigenvalue weighted by Crippen LogP contribution is -1.97. The molecule has 1 radical (unpaired) electrons. The van der Waals surface area contributed by atoms with Gasteiger partial charge < -0.3 is 4.74 Å². The Morgan fingerprint density at radius 2 is 1.92 bits per heavy atom. The highest BCUT2D eigenvalue weighted by Crippen LogP contribution is 2.24. The molecule has 0 spiro atoms. The summed E-state index contributed by atoms with van der Waals surface area (Å²) in [5, 5.41) is 0. The van der Waals surface area contributed by atoms with E-state index in [0.717, 1.165) is 12.4 Å². The third kappa shape index (κ3) is 2.00. The fraction of sp³-hybridized carbons (Fsp3) is 0.364. The molecule has 0 N–H and O–H groups in total. The van der Waals surface area contributed by atoms with Crippen LogP contribution in [0.2, 0.25) is 0 Å². The predicted molar refractivity (Wildman–Crippen MR) is 51.3 cm³/mol. The summed E-state index contributed by atoms with van der Waals surface area (Å²) in [5.74, 6) is 2.28. The minimum absolute atomic E-state index is 0.726. The lowest BCUT2D eigenvalue weighted by Gasteiger charge is -2.11. The smallest absolute Gasteiger partial charge is 0.123 e.